The van der Waals surface area contributed by atoms with Crippen LogP contribution < -0.4 is 4.31 Å². The molecule has 0 bridgehead atoms. The van der Waals surface area contributed by atoms with E-state index in [0.717, 1.165) is 24.1 Å². The number of nitrogens with zero attached hydrogens (tertiary/aromatic N) is 1. The van der Waals surface area contributed by atoms with Gasteiger partial charge in [-0.15, -0.1) is 0 Å². The van der Waals surface area contributed by atoms with Crippen LogP contribution in [-0.2, 0) is 6.42 Å². The molecule has 0 unspecified atom stereocenters. The van der Waals surface area contributed by atoms with E-state index in [1.165, 1.54) is 6.07 Å². The van der Waals surface area contributed by atoms with E-state index >= 15 is 0 Å². The third kappa shape index (κ3) is 2.81. The number of carbonyl (C=O) groups is 1. The smallest absolute Gasteiger partial charge is 0.150 e. The lowest BCUT2D eigenvalue weighted by molar-refractivity contribution is 0.112. The highest BCUT2D eigenvalue weighted by Crippen LogP contribution is 2.44. The summed E-state index contributed by atoms with van der Waals surface area (Å²) < 4.78 is 16.1. The van der Waals surface area contributed by atoms with Gasteiger partial charge in [0.2, 0.25) is 0 Å². The van der Waals surface area contributed by atoms with Crippen LogP contribution in [0, 0.1) is 5.82 Å². The molecule has 21 heavy (non-hydrogen) atoms. The molecule has 1 atom stereocenters. The Morgan fingerprint density at radius 1 is 1.29 bits per heavy atom. The fourth-order valence-electron chi connectivity index (χ4n) is 2.89. The Hall–Kier alpha value is -1.08. The highest BCUT2D eigenvalue weighted by atomic mass is 127. The fraction of sp³-hybridized carbons (Fsp3) is 0.188. The Morgan fingerprint density at radius 3 is 2.81 bits per heavy atom. The number of fused-ring (bicyclic) bond motifs is 1. The van der Waals surface area contributed by atoms with E-state index < -0.39 is 0 Å². The Morgan fingerprint density at radius 2 is 2.10 bits per heavy atom. The number of aldehydes is 1. The van der Waals surface area contributed by atoms with Crippen molar-refractivity contribution in [3.05, 3.63) is 65.0 Å². The van der Waals surface area contributed by atoms with Gasteiger partial charge in [0.05, 0.1) is 5.69 Å². The van der Waals surface area contributed by atoms with Gasteiger partial charge in [0.25, 0.3) is 0 Å². The van der Waals surface area contributed by atoms with Crippen molar-refractivity contribution in [3.8, 4) is 0 Å². The minimum Gasteiger partial charge on any atom is -0.307 e. The summed E-state index contributed by atoms with van der Waals surface area (Å²) in [4.78, 5) is 11.3. The topological polar surface area (TPSA) is 20.3 Å². The highest BCUT2D eigenvalue weighted by molar-refractivity contribution is 14.2. The Labute approximate surface area is 139 Å². The van der Waals surface area contributed by atoms with Gasteiger partial charge in [0.15, 0.2) is 0 Å². The van der Waals surface area contributed by atoms with Crippen LogP contribution in [0.4, 0.5) is 10.1 Å². The molecule has 0 saturated carbocycles. The van der Waals surface area contributed by atoms with Crippen LogP contribution in [-0.4, -0.2) is 12.8 Å². The van der Waals surface area contributed by atoms with Crippen molar-refractivity contribution in [2.75, 3.05) is 10.8 Å². The summed E-state index contributed by atoms with van der Waals surface area (Å²) in [7, 11) is 1.61. The van der Waals surface area contributed by atoms with Gasteiger partial charge in [-0.1, -0.05) is 30.3 Å². The van der Waals surface area contributed by atoms with E-state index in [1.54, 1.807) is 15.2 Å². The molecule has 0 aromatic heterocycles. The minimum atomic E-state index is -0.178. The minimum absolute atomic E-state index is 0.139. The van der Waals surface area contributed by atoms with Gasteiger partial charge in [-0.25, -0.2) is 4.39 Å². The maximum Gasteiger partial charge on any atom is 0.150 e. The predicted octanol–water partition coefficient (Wildman–Crippen LogP) is 4.78. The number of carbonyl (C=O) groups excluding carboxylic acids is 1. The van der Waals surface area contributed by atoms with E-state index in [-0.39, 0.29) is 11.7 Å². The van der Waals surface area contributed by atoms with Gasteiger partial charge in [-0.2, -0.15) is 0 Å². The SMILES string of the molecule is O=Cc1cccc2c1[C@@H](Cc1ccccc1F)CN2SI. The van der Waals surface area contributed by atoms with Crippen molar-refractivity contribution in [2.24, 2.45) is 0 Å². The van der Waals surface area contributed by atoms with Crippen molar-refractivity contribution in [1.29, 1.82) is 0 Å². The molecule has 2 nitrogen and oxygen atoms in total. The third-order valence-electron chi connectivity index (χ3n) is 3.81. The zero-order valence-corrected chi connectivity index (χ0v) is 14.1. The van der Waals surface area contributed by atoms with Crippen molar-refractivity contribution in [3.63, 3.8) is 0 Å². The van der Waals surface area contributed by atoms with Crippen molar-refractivity contribution < 1.29 is 9.18 Å². The van der Waals surface area contributed by atoms with Crippen LogP contribution in [0.1, 0.15) is 27.4 Å². The summed E-state index contributed by atoms with van der Waals surface area (Å²) >= 11 is 2.24. The molecule has 0 aliphatic carbocycles. The molecular formula is C16H13FINOS. The highest BCUT2D eigenvalue weighted by Gasteiger charge is 2.31. The van der Waals surface area contributed by atoms with Gasteiger partial charge in [0.1, 0.15) is 12.1 Å². The average Bonchev–Trinajstić information content (AvgIpc) is 2.87. The van der Waals surface area contributed by atoms with Crippen LogP contribution in [0.15, 0.2) is 42.5 Å². The summed E-state index contributed by atoms with van der Waals surface area (Å²) in [6.07, 6.45) is 1.51. The molecule has 1 aliphatic heterocycles. The summed E-state index contributed by atoms with van der Waals surface area (Å²) in [5, 5.41) is 0. The molecule has 3 rings (SSSR count). The Bertz CT molecular complexity index is 679. The summed E-state index contributed by atoms with van der Waals surface area (Å²) in [6.45, 7) is 0.794. The first-order valence-corrected chi connectivity index (χ1v) is 9.94. The number of rotatable bonds is 4. The van der Waals surface area contributed by atoms with Gasteiger partial charge in [0, 0.05) is 48.4 Å². The quantitative estimate of drug-likeness (QED) is 0.409. The molecule has 0 fully saturated rings. The van der Waals surface area contributed by atoms with E-state index in [9.17, 15) is 9.18 Å². The van der Waals surface area contributed by atoms with Crippen LogP contribution in [0.25, 0.3) is 0 Å². The second-order valence-corrected chi connectivity index (χ2v) is 6.78. The molecular weight excluding hydrogens is 400 g/mol. The van der Waals surface area contributed by atoms with E-state index in [0.29, 0.717) is 17.5 Å². The molecule has 0 radical (unpaired) electrons. The van der Waals surface area contributed by atoms with Gasteiger partial charge >= 0.3 is 0 Å². The molecule has 1 aliphatic rings. The van der Waals surface area contributed by atoms with Crippen molar-refractivity contribution >= 4 is 42.3 Å². The lowest BCUT2D eigenvalue weighted by Crippen LogP contribution is -2.13. The maximum absolute atomic E-state index is 13.9. The van der Waals surface area contributed by atoms with Crippen LogP contribution in [0.5, 0.6) is 0 Å². The molecule has 0 amide bonds. The second kappa shape index (κ2) is 6.36. The van der Waals surface area contributed by atoms with Gasteiger partial charge in [-0.05, 0) is 29.7 Å². The van der Waals surface area contributed by atoms with E-state index in [2.05, 4.69) is 25.5 Å². The summed E-state index contributed by atoms with van der Waals surface area (Å²) in [6, 6.07) is 12.6. The normalized spacial score (nSPS) is 16.9. The number of hydrogen-bond acceptors (Lipinski definition) is 3. The zero-order chi connectivity index (χ0) is 14.8. The maximum atomic E-state index is 13.9. The van der Waals surface area contributed by atoms with E-state index in [1.807, 2.05) is 30.3 Å². The monoisotopic (exact) mass is 413 g/mol. The molecule has 0 saturated heterocycles. The van der Waals surface area contributed by atoms with Crippen molar-refractivity contribution in [1.82, 2.24) is 0 Å². The first-order chi connectivity index (χ1) is 10.2. The van der Waals surface area contributed by atoms with Gasteiger partial charge in [-0.3, -0.25) is 4.79 Å². The van der Waals surface area contributed by atoms with Gasteiger partial charge < -0.3 is 4.31 Å². The molecule has 0 spiro atoms. The number of halogens is 2. The van der Waals surface area contributed by atoms with Crippen LogP contribution in [0.2, 0.25) is 0 Å². The summed E-state index contributed by atoms with van der Waals surface area (Å²) in [5.41, 5.74) is 3.52. The molecule has 5 heteroatoms. The fourth-order valence-corrected chi connectivity index (χ4v) is 4.48. The van der Waals surface area contributed by atoms with Crippen LogP contribution >= 0.6 is 30.3 Å². The first-order valence-electron chi connectivity index (χ1n) is 6.62. The number of anilines is 1. The number of benzene rings is 2. The number of hydrogen-bond donors (Lipinski definition) is 0. The molecule has 2 aromatic carbocycles. The van der Waals surface area contributed by atoms with Crippen molar-refractivity contribution in [2.45, 2.75) is 12.3 Å². The summed E-state index contributed by atoms with van der Waals surface area (Å²) in [5.74, 6) is -0.0382. The molecule has 2 aromatic rings. The molecule has 1 heterocycles. The lowest BCUT2D eigenvalue weighted by atomic mass is 9.90. The van der Waals surface area contributed by atoms with Crippen LogP contribution in [0.3, 0.4) is 0 Å². The first kappa shape index (κ1) is 14.8. The molecule has 108 valence electrons. The standard InChI is InChI=1S/C16H13FINOS/c17-14-6-2-1-4-11(14)8-13-9-19(21-18)15-7-3-5-12(10-20)16(13)15/h1-7,10,13H,8-9H2/t13-/m0/s1. The zero-order valence-electron chi connectivity index (χ0n) is 11.1. The largest absolute Gasteiger partial charge is 0.307 e. The average molecular weight is 413 g/mol. The Balaban J connectivity index is 1.99. The second-order valence-electron chi connectivity index (χ2n) is 5.02. The molecule has 0 N–H and O–H groups in total. The predicted molar refractivity (Wildman–Crippen MR) is 93.6 cm³/mol. The Kier molecular flexibility index (Phi) is 4.49. The van der Waals surface area contributed by atoms with E-state index in [4.69, 9.17) is 0 Å². The lowest BCUT2D eigenvalue weighted by Gasteiger charge is -2.14. The third-order valence-corrected chi connectivity index (χ3v) is 5.75.